The fraction of sp³-hybridized carbons (Fsp3) is 0.261. The lowest BCUT2D eigenvalue weighted by molar-refractivity contribution is -0.143. The molecule has 0 saturated carbocycles. The minimum atomic E-state index is -0.745. The van der Waals surface area contributed by atoms with Gasteiger partial charge in [-0.2, -0.15) is 0 Å². The number of carboxylic acids is 1. The number of carbonyl (C=O) groups is 3. The molecular weight excluding hydrogens is 388 g/mol. The van der Waals surface area contributed by atoms with E-state index >= 15 is 0 Å². The van der Waals surface area contributed by atoms with Crippen LogP contribution in [-0.2, 0) is 37.1 Å². The molecule has 0 fully saturated rings. The third kappa shape index (κ3) is 6.28. The Morgan fingerprint density at radius 3 is 1.20 bits per heavy atom. The van der Waals surface area contributed by atoms with Crippen molar-refractivity contribution in [1.82, 2.24) is 0 Å². The number of benzene rings is 3. The van der Waals surface area contributed by atoms with Crippen LogP contribution in [0.2, 0.25) is 0 Å². The van der Waals surface area contributed by atoms with E-state index in [4.69, 9.17) is 14.6 Å². The topological polar surface area (TPSA) is 121 Å². The first-order valence-corrected chi connectivity index (χ1v) is 9.24. The fourth-order valence-electron chi connectivity index (χ4n) is 2.97. The van der Waals surface area contributed by atoms with E-state index in [9.17, 15) is 14.4 Å². The van der Waals surface area contributed by atoms with Gasteiger partial charge in [0.2, 0.25) is 0 Å². The van der Waals surface area contributed by atoms with Crippen LogP contribution in [0.25, 0.3) is 21.5 Å². The Bertz CT molecular complexity index is 907. The molecule has 3 aromatic rings. The summed E-state index contributed by atoms with van der Waals surface area (Å²) in [5.74, 6) is -1.37. The Morgan fingerprint density at radius 1 is 0.733 bits per heavy atom. The van der Waals surface area contributed by atoms with Gasteiger partial charge in [0.05, 0.1) is 0 Å². The van der Waals surface area contributed by atoms with E-state index in [0.29, 0.717) is 0 Å². The molecule has 7 nitrogen and oxygen atoms in total. The maximum absolute atomic E-state index is 11.3. The van der Waals surface area contributed by atoms with E-state index in [1.54, 1.807) is 6.92 Å². The van der Waals surface area contributed by atoms with Gasteiger partial charge in [0.25, 0.3) is 0 Å². The van der Waals surface area contributed by atoms with Gasteiger partial charge in [0, 0.05) is 31.4 Å². The van der Waals surface area contributed by atoms with Gasteiger partial charge in [-0.3, -0.25) is 14.4 Å². The normalized spacial score (nSPS) is 9.83. The summed E-state index contributed by atoms with van der Waals surface area (Å²) >= 11 is 0. The standard InChI is InChI=1S/C20H18O4.C3H6O2.H2O/c1-13(21)23-11-19-15-7-3-5-9-17(15)20(12-24-14(2)22)18-10-6-4-8-16(18)19;1-2-3(4)5;/h3-10H,11-12H2,1-2H3;2H2,1H3,(H,4,5);1H2. The van der Waals surface area contributed by atoms with Gasteiger partial charge in [0.1, 0.15) is 13.2 Å². The molecule has 0 aliphatic heterocycles. The van der Waals surface area contributed by atoms with Crippen LogP contribution in [0.15, 0.2) is 48.5 Å². The highest BCUT2D eigenvalue weighted by molar-refractivity contribution is 6.05. The Hall–Kier alpha value is -3.45. The molecule has 0 atom stereocenters. The molecule has 7 heteroatoms. The highest BCUT2D eigenvalue weighted by atomic mass is 16.5. The number of fused-ring (bicyclic) bond motifs is 2. The zero-order chi connectivity index (χ0) is 21.4. The summed E-state index contributed by atoms with van der Waals surface area (Å²) in [6, 6.07) is 15.8. The van der Waals surface area contributed by atoms with E-state index < -0.39 is 5.97 Å². The second-order valence-electron chi connectivity index (χ2n) is 6.36. The molecule has 0 aliphatic carbocycles. The summed E-state index contributed by atoms with van der Waals surface area (Å²) in [4.78, 5) is 31.9. The predicted octanol–water partition coefficient (Wildman–Crippen LogP) is 3.78. The third-order valence-corrected chi connectivity index (χ3v) is 4.30. The number of aliphatic carboxylic acids is 1. The molecule has 0 unspecified atom stereocenters. The molecule has 160 valence electrons. The van der Waals surface area contributed by atoms with Crippen LogP contribution in [0.1, 0.15) is 38.3 Å². The van der Waals surface area contributed by atoms with Gasteiger partial charge in [-0.1, -0.05) is 55.5 Å². The molecule has 0 aliphatic rings. The number of hydrogen-bond acceptors (Lipinski definition) is 5. The summed E-state index contributed by atoms with van der Waals surface area (Å²) in [5.41, 5.74) is 1.92. The molecule has 30 heavy (non-hydrogen) atoms. The van der Waals surface area contributed by atoms with Gasteiger partial charge in [-0.15, -0.1) is 0 Å². The first kappa shape index (κ1) is 24.6. The second kappa shape index (κ2) is 11.5. The molecule has 3 aromatic carbocycles. The van der Waals surface area contributed by atoms with Crippen molar-refractivity contribution < 1.29 is 34.4 Å². The number of hydrogen-bond donors (Lipinski definition) is 1. The smallest absolute Gasteiger partial charge is 0.303 e. The largest absolute Gasteiger partial charge is 0.481 e. The van der Waals surface area contributed by atoms with Gasteiger partial charge in [0.15, 0.2) is 0 Å². The van der Waals surface area contributed by atoms with Crippen LogP contribution in [0, 0.1) is 0 Å². The Labute approximate surface area is 174 Å². The zero-order valence-corrected chi connectivity index (χ0v) is 17.2. The Kier molecular flexibility index (Phi) is 9.45. The number of rotatable bonds is 5. The summed E-state index contributed by atoms with van der Waals surface area (Å²) in [5, 5.41) is 11.7. The zero-order valence-electron chi connectivity index (χ0n) is 17.2. The molecular formula is C23H26O7. The summed E-state index contributed by atoms with van der Waals surface area (Å²) < 4.78 is 10.5. The number of esters is 2. The second-order valence-corrected chi connectivity index (χ2v) is 6.36. The lowest BCUT2D eigenvalue weighted by Crippen LogP contribution is -2.04. The minimum Gasteiger partial charge on any atom is -0.481 e. The van der Waals surface area contributed by atoms with E-state index in [-0.39, 0.29) is 37.0 Å². The van der Waals surface area contributed by atoms with Crippen LogP contribution < -0.4 is 0 Å². The van der Waals surface area contributed by atoms with E-state index in [2.05, 4.69) is 0 Å². The molecule has 0 spiro atoms. The maximum Gasteiger partial charge on any atom is 0.303 e. The highest BCUT2D eigenvalue weighted by Gasteiger charge is 2.15. The third-order valence-electron chi connectivity index (χ3n) is 4.30. The molecule has 3 rings (SSSR count). The van der Waals surface area contributed by atoms with Gasteiger partial charge in [-0.05, 0) is 21.5 Å². The van der Waals surface area contributed by atoms with E-state index in [1.807, 2.05) is 48.5 Å². The molecule has 0 radical (unpaired) electrons. The van der Waals surface area contributed by atoms with Gasteiger partial charge in [-0.25, -0.2) is 0 Å². The summed E-state index contributed by atoms with van der Waals surface area (Å²) in [6.07, 6.45) is 0.222. The number of carboxylic acid groups (broad SMARTS) is 1. The lowest BCUT2D eigenvalue weighted by atomic mass is 9.92. The van der Waals surface area contributed by atoms with Gasteiger partial charge < -0.3 is 20.1 Å². The maximum atomic E-state index is 11.3. The highest BCUT2D eigenvalue weighted by Crippen LogP contribution is 2.34. The minimum absolute atomic E-state index is 0. The molecule has 0 saturated heterocycles. The van der Waals surface area contributed by atoms with Crippen LogP contribution in [0.5, 0.6) is 0 Å². The molecule has 0 bridgehead atoms. The van der Waals surface area contributed by atoms with Crippen molar-refractivity contribution in [2.24, 2.45) is 0 Å². The SMILES string of the molecule is CC(=O)OCc1c2ccccc2c(COC(C)=O)c2ccccc12.CCC(=O)O.O. The van der Waals surface area contributed by atoms with Crippen molar-refractivity contribution in [3.63, 3.8) is 0 Å². The Morgan fingerprint density at radius 2 is 1.00 bits per heavy atom. The Balaban J connectivity index is 0.000000674. The fourth-order valence-corrected chi connectivity index (χ4v) is 2.97. The van der Waals surface area contributed by atoms with Crippen molar-refractivity contribution in [3.8, 4) is 0 Å². The van der Waals surface area contributed by atoms with Crippen molar-refractivity contribution in [2.75, 3.05) is 0 Å². The number of carbonyl (C=O) groups excluding carboxylic acids is 2. The van der Waals surface area contributed by atoms with Crippen molar-refractivity contribution in [2.45, 2.75) is 40.4 Å². The lowest BCUT2D eigenvalue weighted by Gasteiger charge is -2.16. The van der Waals surface area contributed by atoms with Crippen LogP contribution in [-0.4, -0.2) is 28.5 Å². The molecule has 3 N–H and O–H groups in total. The van der Waals surface area contributed by atoms with Crippen molar-refractivity contribution in [1.29, 1.82) is 0 Å². The summed E-state index contributed by atoms with van der Waals surface area (Å²) in [7, 11) is 0. The molecule has 0 heterocycles. The first-order chi connectivity index (χ1) is 13.8. The molecule has 0 amide bonds. The van der Waals surface area contributed by atoms with Crippen molar-refractivity contribution >= 4 is 39.5 Å². The quantitative estimate of drug-likeness (QED) is 0.501. The average Bonchev–Trinajstić information content (AvgIpc) is 2.70. The van der Waals surface area contributed by atoms with Gasteiger partial charge >= 0.3 is 17.9 Å². The van der Waals surface area contributed by atoms with E-state index in [1.165, 1.54) is 13.8 Å². The van der Waals surface area contributed by atoms with Crippen LogP contribution >= 0.6 is 0 Å². The van der Waals surface area contributed by atoms with Crippen LogP contribution in [0.3, 0.4) is 0 Å². The van der Waals surface area contributed by atoms with Crippen molar-refractivity contribution in [3.05, 3.63) is 59.7 Å². The average molecular weight is 414 g/mol. The monoisotopic (exact) mass is 414 g/mol. The molecule has 0 aromatic heterocycles. The van der Waals surface area contributed by atoms with Crippen LogP contribution in [0.4, 0.5) is 0 Å². The first-order valence-electron chi connectivity index (χ1n) is 9.24. The van der Waals surface area contributed by atoms with E-state index in [0.717, 1.165) is 32.7 Å². The summed E-state index contributed by atoms with van der Waals surface area (Å²) in [6.45, 7) is 4.83. The predicted molar refractivity (Wildman–Crippen MR) is 114 cm³/mol. The number of ether oxygens (including phenoxy) is 2.